The molecule has 4 nitrogen and oxygen atoms in total. The molecule has 39 valence electrons. The van der Waals surface area contributed by atoms with Crippen molar-refractivity contribution in [3.05, 3.63) is 0 Å². The van der Waals surface area contributed by atoms with Gasteiger partial charge in [0, 0.05) is 0 Å². The molecule has 0 rings (SSSR count). The molecule has 0 atom stereocenters. The molecule has 0 aliphatic carbocycles. The first-order valence-electron chi connectivity index (χ1n) is 0.612. The van der Waals surface area contributed by atoms with E-state index in [4.69, 9.17) is 15.0 Å². The van der Waals surface area contributed by atoms with E-state index in [9.17, 15) is 0 Å². The Morgan fingerprint density at radius 2 is 1.29 bits per heavy atom. The van der Waals surface area contributed by atoms with Crippen molar-refractivity contribution in [2.24, 2.45) is 0 Å². The van der Waals surface area contributed by atoms with Gasteiger partial charge in [0.1, 0.15) is 0 Å². The Bertz CT molecular complexity index is 34.7. The summed E-state index contributed by atoms with van der Waals surface area (Å²) in [5.41, 5.74) is 0. The molecule has 0 amide bonds. The van der Waals surface area contributed by atoms with Crippen LogP contribution in [-0.2, 0) is 36.3 Å². The normalized spacial score (nSPS) is 3.43. The van der Waals surface area contributed by atoms with Crippen molar-refractivity contribution in [3.63, 3.8) is 0 Å². The predicted octanol–water partition coefficient (Wildman–Crippen LogP) is -2.63. The van der Waals surface area contributed by atoms with Gasteiger partial charge in [-0.25, -0.2) is 0 Å². The van der Waals surface area contributed by atoms with Gasteiger partial charge in [-0.05, 0) is 6.16 Å². The molecule has 0 aliphatic rings. The van der Waals surface area contributed by atoms with Crippen LogP contribution in [0.3, 0.4) is 0 Å². The van der Waals surface area contributed by atoms with E-state index in [1.54, 1.807) is 0 Å². The number of hydrogen-bond donors (Lipinski definition) is 0. The van der Waals surface area contributed by atoms with Crippen LogP contribution in [-0.4, -0.2) is 11.6 Å². The fraction of sp³-hybridized carbons (Fsp3) is 0. The van der Waals surface area contributed by atoms with Crippen LogP contribution in [0.5, 0.6) is 0 Å². The molecule has 0 unspecified atom stereocenters. The molecule has 0 heterocycles. The maximum Gasteiger partial charge on any atom is 2.00 e. The molecule has 0 fully saturated rings. The molecule has 0 saturated heterocycles. The number of carbonyl (C=O) groups excluding carboxylic acids is 1. The largest absolute Gasteiger partial charge is 2.00 e. The second-order valence-corrected chi connectivity index (χ2v) is 0.250. The van der Waals surface area contributed by atoms with Gasteiger partial charge < -0.3 is 20.5 Å². The molecule has 7 heavy (non-hydrogen) atoms. The quantitative estimate of drug-likeness (QED) is 0.401. The predicted molar refractivity (Wildman–Crippen MR) is 7.33 cm³/mol. The Kier molecular flexibility index (Phi) is 61.0. The second kappa shape index (κ2) is 16.2. The van der Waals surface area contributed by atoms with Gasteiger partial charge in [-0.15, -0.1) is 0 Å². The van der Waals surface area contributed by atoms with Crippen LogP contribution in [0, 0.1) is 0 Å². The minimum atomic E-state index is -2.33. The van der Waals surface area contributed by atoms with Crippen LogP contribution in [0.25, 0.3) is 0 Å². The molecule has 0 bridgehead atoms. The number of carbonyl (C=O) groups is 1. The fourth-order valence-corrected chi connectivity index (χ4v) is 0. The summed E-state index contributed by atoms with van der Waals surface area (Å²) in [5, 5.41) is 16.7. The minimum Gasteiger partial charge on any atom is -0.870 e. The first-order chi connectivity index (χ1) is 1.73. The van der Waals surface area contributed by atoms with E-state index in [1.807, 2.05) is 0 Å². The Balaban J connectivity index is -0.0000000150. The topological polar surface area (TPSA) is 93.2 Å². The van der Waals surface area contributed by atoms with Crippen molar-refractivity contribution in [3.8, 4) is 0 Å². The van der Waals surface area contributed by atoms with Crippen molar-refractivity contribution in [2.45, 2.75) is 0 Å². The molecule has 0 aromatic heterocycles. The van der Waals surface area contributed by atoms with E-state index in [2.05, 4.69) is 0 Å². The molecule has 0 saturated carbocycles. The number of carboxylic acid groups (broad SMARTS) is 2. The van der Waals surface area contributed by atoms with Gasteiger partial charge in [-0.1, -0.05) is 0 Å². The SMILES string of the molecule is O=C([O-])[O-].[Co+2].[OH-].[Zn+2]. The molecular weight excluding hydrogens is 200 g/mol. The van der Waals surface area contributed by atoms with E-state index >= 15 is 0 Å². The van der Waals surface area contributed by atoms with E-state index in [-0.39, 0.29) is 41.7 Å². The first kappa shape index (κ1) is 26.4. The standard InChI is InChI=1S/CH2O3.Co.H2O.Zn/c2-1(3)4;;;/h(H2,2,3,4);;1H2;/q;+2;;+2/p-3. The van der Waals surface area contributed by atoms with Crippen LogP contribution in [0.1, 0.15) is 0 Å². The van der Waals surface area contributed by atoms with E-state index in [1.165, 1.54) is 0 Å². The van der Waals surface area contributed by atoms with Crippen LogP contribution in [0.15, 0.2) is 0 Å². The van der Waals surface area contributed by atoms with Crippen LogP contribution >= 0.6 is 0 Å². The molecule has 0 aromatic carbocycles. The Morgan fingerprint density at radius 3 is 1.29 bits per heavy atom. The molecule has 0 spiro atoms. The Morgan fingerprint density at radius 1 is 1.29 bits per heavy atom. The average Bonchev–Trinajstić information content (AvgIpc) is 0.811. The third-order valence-corrected chi connectivity index (χ3v) is 0. The summed E-state index contributed by atoms with van der Waals surface area (Å²) in [7, 11) is 0. The van der Waals surface area contributed by atoms with Gasteiger partial charge in [0.25, 0.3) is 0 Å². The molecule has 0 aromatic rings. The molecule has 1 N–H and O–H groups in total. The number of rotatable bonds is 0. The first-order valence-corrected chi connectivity index (χ1v) is 0.612. The number of hydrogen-bond acceptors (Lipinski definition) is 4. The average molecular weight is 201 g/mol. The summed E-state index contributed by atoms with van der Waals surface area (Å²) in [6, 6.07) is 0. The summed E-state index contributed by atoms with van der Waals surface area (Å²) in [4.78, 5) is 8.33. The Hall–Kier alpha value is 0.360. The van der Waals surface area contributed by atoms with Crippen molar-refractivity contribution in [1.29, 1.82) is 0 Å². The third kappa shape index (κ3) is 933. The molecule has 6 heteroatoms. The van der Waals surface area contributed by atoms with E-state index in [0.29, 0.717) is 0 Å². The van der Waals surface area contributed by atoms with Gasteiger partial charge in [-0.3, -0.25) is 0 Å². The molecular formula is CHCoO4Zn+. The summed E-state index contributed by atoms with van der Waals surface area (Å²) in [6.45, 7) is 0. The Labute approximate surface area is 63.2 Å². The van der Waals surface area contributed by atoms with Gasteiger partial charge in [-0.2, -0.15) is 0 Å². The summed E-state index contributed by atoms with van der Waals surface area (Å²) in [5.74, 6) is 0. The zero-order valence-corrected chi connectivity index (χ0v) is 7.22. The van der Waals surface area contributed by atoms with Crippen LogP contribution in [0.2, 0.25) is 0 Å². The zero-order valence-electron chi connectivity index (χ0n) is 3.21. The van der Waals surface area contributed by atoms with E-state index < -0.39 is 6.16 Å². The molecule has 0 aliphatic heterocycles. The van der Waals surface area contributed by atoms with Crippen LogP contribution in [0.4, 0.5) is 4.79 Å². The zero-order chi connectivity index (χ0) is 3.58. The van der Waals surface area contributed by atoms with Gasteiger partial charge >= 0.3 is 36.3 Å². The maximum atomic E-state index is 8.33. The summed E-state index contributed by atoms with van der Waals surface area (Å²) >= 11 is 0. The summed E-state index contributed by atoms with van der Waals surface area (Å²) in [6.07, 6.45) is -2.33. The van der Waals surface area contributed by atoms with Gasteiger partial charge in [0.2, 0.25) is 0 Å². The van der Waals surface area contributed by atoms with Gasteiger partial charge in [0.15, 0.2) is 0 Å². The van der Waals surface area contributed by atoms with Crippen molar-refractivity contribution >= 4 is 6.16 Å². The molecule has 1 radical (unpaired) electrons. The third-order valence-electron chi connectivity index (χ3n) is 0. The second-order valence-electron chi connectivity index (χ2n) is 0.250. The minimum absolute atomic E-state index is 0. The monoisotopic (exact) mass is 200 g/mol. The van der Waals surface area contributed by atoms with E-state index in [0.717, 1.165) is 0 Å². The maximum absolute atomic E-state index is 8.33. The van der Waals surface area contributed by atoms with Gasteiger partial charge in [0.05, 0.1) is 0 Å². The van der Waals surface area contributed by atoms with Crippen molar-refractivity contribution in [1.82, 2.24) is 0 Å². The van der Waals surface area contributed by atoms with Crippen LogP contribution < -0.4 is 10.2 Å². The van der Waals surface area contributed by atoms with Crippen molar-refractivity contribution < 1.29 is 56.7 Å². The smallest absolute Gasteiger partial charge is 0.870 e. The fourth-order valence-electron chi connectivity index (χ4n) is 0. The summed E-state index contributed by atoms with van der Waals surface area (Å²) < 4.78 is 0. The van der Waals surface area contributed by atoms with Crippen molar-refractivity contribution in [2.75, 3.05) is 0 Å².